The average Bonchev–Trinajstić information content (AvgIpc) is 3.15. The topological polar surface area (TPSA) is 287 Å². The Balaban J connectivity index is -0.000000173. The number of carbonyl (C=O) groups excluding carboxylic acids is 5. The lowest BCUT2D eigenvalue weighted by molar-refractivity contribution is -0.140. The Kier molecular flexibility index (Phi) is 47.1. The molecule has 500 valence electrons. The molecule has 21 heteroatoms. The Hall–Kier alpha value is -3.85. The van der Waals surface area contributed by atoms with Gasteiger partial charge in [0.2, 0.25) is 5.91 Å². The number of likely N-dealkylation sites (N-methyl/N-ethyl adjacent to an activating group) is 3. The predicted molar refractivity (Wildman–Crippen MR) is 347 cm³/mol. The van der Waals surface area contributed by atoms with E-state index in [4.69, 9.17) is 29.8 Å². The van der Waals surface area contributed by atoms with Crippen LogP contribution in [0.4, 0.5) is 19.2 Å². The van der Waals surface area contributed by atoms with E-state index in [0.717, 1.165) is 45.2 Å². The number of ether oxygens (including phenoxy) is 4. The number of rotatable bonds is 17. The minimum atomic E-state index is -1.05. The van der Waals surface area contributed by atoms with Gasteiger partial charge in [-0.15, -0.1) is 12.4 Å². The highest BCUT2D eigenvalue weighted by Gasteiger charge is 2.30. The number of nitrogens with two attached hydrogens (primary N) is 2. The van der Waals surface area contributed by atoms with E-state index in [0.29, 0.717) is 24.3 Å². The van der Waals surface area contributed by atoms with Crippen molar-refractivity contribution in [1.82, 2.24) is 36.8 Å². The molecule has 83 heavy (non-hydrogen) atoms. The van der Waals surface area contributed by atoms with Gasteiger partial charge in [-0.3, -0.25) is 4.79 Å². The van der Waals surface area contributed by atoms with Crippen LogP contribution in [0.2, 0.25) is 0 Å². The van der Waals surface area contributed by atoms with Crippen molar-refractivity contribution in [2.75, 3.05) is 48.3 Å². The second-order valence-corrected chi connectivity index (χ2v) is 31.2. The molecule has 0 aliphatic rings. The van der Waals surface area contributed by atoms with Crippen LogP contribution >= 0.6 is 12.4 Å². The smallest absolute Gasteiger partial charge is 0.408 e. The summed E-state index contributed by atoms with van der Waals surface area (Å²) in [5, 5.41) is 25.5. The highest BCUT2D eigenvalue weighted by atomic mass is 35.5. The molecule has 0 unspecified atom stereocenters. The third-order valence-electron chi connectivity index (χ3n) is 9.60. The molecule has 5 amide bonds. The van der Waals surface area contributed by atoms with E-state index in [9.17, 15) is 28.8 Å². The molecule has 0 bridgehead atoms. The number of carboxylic acids is 1. The van der Waals surface area contributed by atoms with Crippen molar-refractivity contribution in [2.24, 2.45) is 38.5 Å². The molecule has 11 N–H and O–H groups in total. The molecule has 0 fully saturated rings. The second-order valence-electron chi connectivity index (χ2n) is 31.2. The van der Waals surface area contributed by atoms with Gasteiger partial charge in [-0.05, 0) is 177 Å². The third kappa shape index (κ3) is 76.1. The summed E-state index contributed by atoms with van der Waals surface area (Å²) in [4.78, 5) is 71.3. The molecule has 0 aromatic heterocycles. The molecule has 0 aromatic carbocycles. The first-order chi connectivity index (χ1) is 36.2. The maximum atomic E-state index is 11.7. The Morgan fingerprint density at radius 2 is 0.735 bits per heavy atom. The average molecular weight is 1220 g/mol. The maximum Gasteiger partial charge on any atom is 0.408 e. The zero-order valence-corrected chi connectivity index (χ0v) is 60.1. The van der Waals surface area contributed by atoms with E-state index in [-0.39, 0.29) is 64.2 Å². The van der Waals surface area contributed by atoms with Gasteiger partial charge in [-0.2, -0.15) is 0 Å². The monoisotopic (exact) mass is 1220 g/mol. The molecule has 0 saturated carbocycles. The van der Waals surface area contributed by atoms with Gasteiger partial charge in [-0.1, -0.05) is 117 Å². The first kappa shape index (κ1) is 92.9. The number of hydrogen-bond donors (Lipinski definition) is 9. The van der Waals surface area contributed by atoms with Crippen LogP contribution in [0.5, 0.6) is 0 Å². The fourth-order valence-corrected chi connectivity index (χ4v) is 7.45. The van der Waals surface area contributed by atoms with Crippen molar-refractivity contribution in [3.05, 3.63) is 0 Å². The molecule has 0 aliphatic heterocycles. The molecule has 0 aromatic rings. The first-order valence-electron chi connectivity index (χ1n) is 29.3. The number of nitrogens with one attached hydrogen (secondary N) is 6. The maximum absolute atomic E-state index is 11.7. The largest absolute Gasteiger partial charge is 0.480 e. The first-order valence-corrected chi connectivity index (χ1v) is 29.3. The van der Waals surface area contributed by atoms with Crippen LogP contribution in [0.1, 0.15) is 239 Å². The SMILES string of the molecule is CC(C)(C)C[C@H](NC(=O)OC(C)(C)C)C(=O)O.CCC[C@H](CC(C)(C)C)NC(=O)OC(C)(C)C.CN.CN(C)C[C@@H](N)CC(C)(C)C.CNC(=O)[C@H](CC(C)(C)C)NC(=O)OC(C)(C)C.CNC[C@H](CC(C)(C)C)NC(=O)OC(C)(C)C.Cl. The van der Waals surface area contributed by atoms with Gasteiger partial charge in [0.05, 0.1) is 0 Å². The number of carboxylic acid groups (broad SMARTS) is 1. The predicted octanol–water partition coefficient (Wildman–Crippen LogP) is 12.4. The zero-order chi connectivity index (χ0) is 66.9. The molecule has 20 nitrogen and oxygen atoms in total. The quantitative estimate of drug-likeness (QED) is 0.0612. The number of carbonyl (C=O) groups is 6. The van der Waals surface area contributed by atoms with Gasteiger partial charge >= 0.3 is 30.3 Å². The third-order valence-corrected chi connectivity index (χ3v) is 9.60. The molecule has 0 spiro atoms. The van der Waals surface area contributed by atoms with E-state index in [1.54, 1.807) is 48.6 Å². The number of hydrogen-bond acceptors (Lipinski definition) is 14. The van der Waals surface area contributed by atoms with Gasteiger partial charge in [0.15, 0.2) is 0 Å². The van der Waals surface area contributed by atoms with Crippen molar-refractivity contribution >= 4 is 48.7 Å². The summed E-state index contributed by atoms with van der Waals surface area (Å²) in [6, 6.07) is -0.899. The van der Waals surface area contributed by atoms with Crippen LogP contribution in [0.25, 0.3) is 0 Å². The fraction of sp³-hybridized carbons (Fsp3) is 0.903. The lowest BCUT2D eigenvalue weighted by Gasteiger charge is -2.28. The zero-order valence-electron chi connectivity index (χ0n) is 59.3. The summed E-state index contributed by atoms with van der Waals surface area (Å²) in [5.74, 6) is -1.26. The summed E-state index contributed by atoms with van der Waals surface area (Å²) >= 11 is 0. The Bertz CT molecular complexity index is 1700. The highest BCUT2D eigenvalue weighted by Crippen LogP contribution is 2.25. The highest BCUT2D eigenvalue weighted by molar-refractivity contribution is 5.86. The summed E-state index contributed by atoms with van der Waals surface area (Å²) in [5.41, 5.74) is 8.85. The van der Waals surface area contributed by atoms with Gasteiger partial charge in [0.1, 0.15) is 34.5 Å². The molecular formula is C62H134ClN9O11. The van der Waals surface area contributed by atoms with E-state index >= 15 is 0 Å². The van der Waals surface area contributed by atoms with Crippen LogP contribution in [0.15, 0.2) is 0 Å². The van der Waals surface area contributed by atoms with Crippen LogP contribution in [-0.2, 0) is 28.5 Å². The molecular weight excluding hydrogens is 1080 g/mol. The molecule has 0 heterocycles. The van der Waals surface area contributed by atoms with Gasteiger partial charge < -0.3 is 72.3 Å². The van der Waals surface area contributed by atoms with E-state index in [1.807, 2.05) is 90.1 Å². The molecule has 5 atom stereocenters. The number of amides is 5. The minimum absolute atomic E-state index is 0. The Morgan fingerprint density at radius 3 is 0.988 bits per heavy atom. The van der Waals surface area contributed by atoms with E-state index in [2.05, 4.69) is 126 Å². The summed E-state index contributed by atoms with van der Waals surface area (Å²) in [6.45, 7) is 57.1. The van der Waals surface area contributed by atoms with Crippen molar-refractivity contribution in [3.63, 3.8) is 0 Å². The van der Waals surface area contributed by atoms with E-state index < -0.39 is 52.6 Å². The molecule has 0 radical (unpaired) electrons. The van der Waals surface area contributed by atoms with Crippen molar-refractivity contribution in [3.8, 4) is 0 Å². The minimum Gasteiger partial charge on any atom is -0.480 e. The fourth-order valence-electron chi connectivity index (χ4n) is 7.45. The van der Waals surface area contributed by atoms with Crippen LogP contribution in [0, 0.1) is 27.1 Å². The van der Waals surface area contributed by atoms with Crippen LogP contribution < -0.4 is 43.4 Å². The normalized spacial score (nSPS) is 13.8. The molecule has 0 rings (SSSR count). The number of nitrogens with zero attached hydrogens (tertiary/aromatic N) is 1. The van der Waals surface area contributed by atoms with Gasteiger partial charge in [0.25, 0.3) is 0 Å². The Labute approximate surface area is 514 Å². The number of alkyl carbamates (subject to hydrolysis) is 4. The lowest BCUT2D eigenvalue weighted by Crippen LogP contribution is -2.48. The van der Waals surface area contributed by atoms with Gasteiger partial charge in [0, 0.05) is 38.3 Å². The number of aliphatic carboxylic acids is 1. The Morgan fingerprint density at radius 1 is 0.458 bits per heavy atom. The van der Waals surface area contributed by atoms with Crippen molar-refractivity contribution < 1.29 is 52.8 Å². The van der Waals surface area contributed by atoms with Crippen LogP contribution in [0.3, 0.4) is 0 Å². The lowest BCUT2D eigenvalue weighted by atomic mass is 9.86. The van der Waals surface area contributed by atoms with Crippen molar-refractivity contribution in [1.29, 1.82) is 0 Å². The van der Waals surface area contributed by atoms with E-state index in [1.165, 1.54) is 7.05 Å². The number of halogens is 1. The standard InChI is InChI=1S/C14H29NO2.C13H26N2O3.C13H28N2O2.C12H23NO4.C9H22N2.CH5N.ClH/c1-8-9-11(10-13(2,3)4)15-12(16)17-14(5,6)7;1-12(2,3)8-9(10(16)14-7)15-11(17)18-13(4,5)6;1-12(2,3)8-10(9-14-7)15-11(16)17-13(4,5)6;1-11(2,3)7-8(9(14)15)13-10(16)17-12(4,5)6;1-9(2,3)6-8(10)7-11(4)5;1-2;/h11H,8-10H2,1-7H3,(H,15,16);9H,8H2,1-7H3,(H,14,16)(H,15,17);10,14H,8-9H2,1-7H3,(H,15,16);8H,7H2,1-6H3,(H,13,16)(H,14,15);8H,6-7,10H2,1-5H3;2H2,1H3;1H/t11-;9-;10-;2*8-;;/m10000../s1. The van der Waals surface area contributed by atoms with Gasteiger partial charge in [-0.25, -0.2) is 24.0 Å². The summed E-state index contributed by atoms with van der Waals surface area (Å²) in [7, 11) is 9.05. The van der Waals surface area contributed by atoms with Crippen LogP contribution in [-0.4, -0.2) is 147 Å². The molecule has 0 saturated heterocycles. The summed E-state index contributed by atoms with van der Waals surface area (Å²) < 4.78 is 20.7. The summed E-state index contributed by atoms with van der Waals surface area (Å²) in [6.07, 6.45) is 4.01. The second kappa shape index (κ2) is 42.1. The molecule has 0 aliphatic carbocycles. The van der Waals surface area contributed by atoms with Crippen molar-refractivity contribution in [2.45, 2.75) is 291 Å².